The number of nitrogens with zero attached hydrogens (tertiary/aromatic N) is 1. The minimum Gasteiger partial charge on any atom is -0.488 e. The zero-order valence-electron chi connectivity index (χ0n) is 20.7. The fourth-order valence-corrected chi connectivity index (χ4v) is 5.62. The van der Waals surface area contributed by atoms with Crippen LogP contribution in [0.15, 0.2) is 42.5 Å². The molecule has 1 aliphatic carbocycles. The molecule has 2 heterocycles. The Bertz CT molecular complexity index is 1090. The molecule has 7 nitrogen and oxygen atoms in total. The van der Waals surface area contributed by atoms with Crippen LogP contribution in [0.4, 0.5) is 0 Å². The van der Waals surface area contributed by atoms with Crippen LogP contribution in [-0.2, 0) is 22.5 Å². The Morgan fingerprint density at radius 3 is 2.77 bits per heavy atom. The lowest BCUT2D eigenvalue weighted by atomic mass is 9.97. The number of aliphatic hydroxyl groups excluding tert-OH is 1. The summed E-state index contributed by atoms with van der Waals surface area (Å²) in [5.74, 6) is -0.543. The summed E-state index contributed by atoms with van der Waals surface area (Å²) < 4.78 is 12.0. The molecule has 35 heavy (non-hydrogen) atoms. The maximum absolute atomic E-state index is 11.3. The summed E-state index contributed by atoms with van der Waals surface area (Å²) in [5, 5.41) is 23.4. The van der Waals surface area contributed by atoms with Crippen molar-refractivity contribution in [3.8, 4) is 5.75 Å². The molecule has 0 bridgehead atoms. The molecule has 0 saturated heterocycles. The predicted molar refractivity (Wildman–Crippen MR) is 133 cm³/mol. The molecule has 3 aliphatic rings. The van der Waals surface area contributed by atoms with Crippen LogP contribution >= 0.6 is 0 Å². The number of nitrogens with one attached hydrogen (secondary N) is 1. The Kier molecular flexibility index (Phi) is 6.61. The van der Waals surface area contributed by atoms with Gasteiger partial charge in [0.2, 0.25) is 0 Å². The highest BCUT2D eigenvalue weighted by Crippen LogP contribution is 2.59. The van der Waals surface area contributed by atoms with Crippen LogP contribution in [0.3, 0.4) is 0 Å². The van der Waals surface area contributed by atoms with Gasteiger partial charge in [0.25, 0.3) is 0 Å². The van der Waals surface area contributed by atoms with Gasteiger partial charge in [-0.05, 0) is 38.3 Å². The van der Waals surface area contributed by atoms with Crippen molar-refractivity contribution in [2.24, 2.45) is 5.92 Å². The van der Waals surface area contributed by atoms with Crippen LogP contribution in [0.2, 0.25) is 0 Å². The van der Waals surface area contributed by atoms with E-state index in [-0.39, 0.29) is 30.3 Å². The molecule has 188 valence electrons. The summed E-state index contributed by atoms with van der Waals surface area (Å²) in [4.78, 5) is 13.8. The summed E-state index contributed by atoms with van der Waals surface area (Å²) in [5.41, 5.74) is 4.58. The lowest BCUT2D eigenvalue weighted by molar-refractivity contribution is -0.139. The lowest BCUT2D eigenvalue weighted by Crippen LogP contribution is -2.52. The molecule has 1 fully saturated rings. The number of hydrogen-bond donors (Lipinski definition) is 3. The highest BCUT2D eigenvalue weighted by Gasteiger charge is 2.63. The smallest absolute Gasteiger partial charge is 0.311 e. The predicted octanol–water partition coefficient (Wildman–Crippen LogP) is 3.11. The Morgan fingerprint density at radius 1 is 1.23 bits per heavy atom. The second-order valence-corrected chi connectivity index (χ2v) is 10.9. The third kappa shape index (κ3) is 5.09. The molecule has 5 atom stereocenters. The van der Waals surface area contributed by atoms with Gasteiger partial charge in [-0.2, -0.15) is 0 Å². The number of rotatable bonds is 10. The molecular formula is C28H36N2O5. The van der Waals surface area contributed by atoms with Gasteiger partial charge in [-0.1, -0.05) is 42.5 Å². The normalized spacial score (nSPS) is 24.6. The van der Waals surface area contributed by atoms with E-state index in [9.17, 15) is 15.0 Å². The Labute approximate surface area is 207 Å². The number of fused-ring (bicyclic) bond motifs is 4. The van der Waals surface area contributed by atoms with Gasteiger partial charge in [-0.25, -0.2) is 0 Å². The fourth-order valence-electron chi connectivity index (χ4n) is 5.62. The Morgan fingerprint density at radius 2 is 2.00 bits per heavy atom. The van der Waals surface area contributed by atoms with Crippen molar-refractivity contribution in [2.45, 2.75) is 63.5 Å². The zero-order chi connectivity index (χ0) is 24.7. The van der Waals surface area contributed by atoms with E-state index in [4.69, 9.17) is 9.47 Å². The first-order valence-electron chi connectivity index (χ1n) is 12.6. The van der Waals surface area contributed by atoms with Crippen LogP contribution in [0.25, 0.3) is 0 Å². The summed E-state index contributed by atoms with van der Waals surface area (Å²) in [6.45, 7) is 9.84. The van der Waals surface area contributed by atoms with Crippen molar-refractivity contribution in [3.05, 3.63) is 64.7 Å². The molecule has 1 saturated carbocycles. The number of ether oxygens (including phenoxy) is 2. The van der Waals surface area contributed by atoms with Gasteiger partial charge >= 0.3 is 5.97 Å². The summed E-state index contributed by atoms with van der Waals surface area (Å²) in [6.07, 6.45) is -0.0873. The fraction of sp³-hybridized carbons (Fsp3) is 0.536. The van der Waals surface area contributed by atoms with Gasteiger partial charge < -0.3 is 25.0 Å². The molecule has 0 radical (unpaired) electrons. The molecule has 0 aromatic heterocycles. The topological polar surface area (TPSA) is 91.3 Å². The molecule has 2 aliphatic heterocycles. The van der Waals surface area contributed by atoms with Gasteiger partial charge in [-0.3, -0.25) is 9.69 Å². The number of carbonyl (C=O) groups is 1. The minimum atomic E-state index is -0.802. The van der Waals surface area contributed by atoms with Gasteiger partial charge in [0, 0.05) is 48.8 Å². The van der Waals surface area contributed by atoms with Gasteiger partial charge in [-0.15, -0.1) is 0 Å². The van der Waals surface area contributed by atoms with E-state index in [2.05, 4.69) is 48.3 Å². The number of aliphatic hydroxyl groups is 1. The van der Waals surface area contributed by atoms with Crippen LogP contribution in [-0.4, -0.2) is 65.1 Å². The van der Waals surface area contributed by atoms with Crippen molar-refractivity contribution in [1.82, 2.24) is 10.2 Å². The maximum Gasteiger partial charge on any atom is 0.311 e. The summed E-state index contributed by atoms with van der Waals surface area (Å²) in [7, 11) is 0. The molecule has 2 aromatic rings. The van der Waals surface area contributed by atoms with E-state index < -0.39 is 18.0 Å². The van der Waals surface area contributed by atoms with Crippen molar-refractivity contribution < 1.29 is 24.5 Å². The van der Waals surface area contributed by atoms with E-state index in [0.29, 0.717) is 6.54 Å². The number of β-amino-alcohol motifs (C(OH)–C–C–N with tert-alkyl or cyclic N) is 1. The molecular weight excluding hydrogens is 444 g/mol. The minimum absolute atomic E-state index is 0.0555. The quantitative estimate of drug-likeness (QED) is 0.481. The number of carboxylic acid groups (broad SMARTS) is 1. The third-order valence-electron chi connectivity index (χ3n) is 7.55. The standard InChI is InChI=1S/C28H36N2O5/c1-17(21-9-6-10-22-23-24(27(32)33)26(23)35-25(21)22)34-15-20(31)13-29-28(2,3)16-30-12-11-18-7-4-5-8-19(18)14-30/h4-10,17,20,23-24,26,29,31H,11-16H2,1-3H3,(H,32,33)/t17-,20?,23-,24-,26-/m1/s1. The molecule has 0 spiro atoms. The van der Waals surface area contributed by atoms with Crippen molar-refractivity contribution in [3.63, 3.8) is 0 Å². The zero-order valence-corrected chi connectivity index (χ0v) is 20.7. The molecule has 2 aromatic carbocycles. The van der Waals surface area contributed by atoms with Gasteiger partial charge in [0.05, 0.1) is 18.8 Å². The molecule has 5 rings (SSSR count). The van der Waals surface area contributed by atoms with E-state index >= 15 is 0 Å². The highest BCUT2D eigenvalue weighted by molar-refractivity contribution is 5.79. The SMILES string of the molecule is C[C@@H](OCC(O)CNC(C)(C)CN1CCc2ccccc2C1)c1cccc2c1O[C@H]1[C@H](C(=O)O)[C@@H]21. The number of hydrogen-bond acceptors (Lipinski definition) is 6. The molecule has 0 amide bonds. The Hall–Kier alpha value is -2.45. The van der Waals surface area contributed by atoms with Gasteiger partial charge in [0.15, 0.2) is 0 Å². The maximum atomic E-state index is 11.3. The number of aliphatic carboxylic acids is 1. The van der Waals surface area contributed by atoms with Crippen molar-refractivity contribution in [2.75, 3.05) is 26.2 Å². The van der Waals surface area contributed by atoms with Gasteiger partial charge in [0.1, 0.15) is 17.8 Å². The largest absolute Gasteiger partial charge is 0.488 e. The third-order valence-corrected chi connectivity index (χ3v) is 7.55. The average molecular weight is 481 g/mol. The highest BCUT2D eigenvalue weighted by atomic mass is 16.5. The first-order valence-corrected chi connectivity index (χ1v) is 12.6. The van der Waals surface area contributed by atoms with Crippen LogP contribution in [0, 0.1) is 5.92 Å². The number of benzene rings is 2. The monoisotopic (exact) mass is 480 g/mol. The van der Waals surface area contributed by atoms with E-state index in [1.54, 1.807) is 0 Å². The number of para-hydroxylation sites is 1. The number of carboxylic acids is 1. The van der Waals surface area contributed by atoms with Crippen LogP contribution in [0.1, 0.15) is 55.0 Å². The second kappa shape index (κ2) is 9.54. The lowest BCUT2D eigenvalue weighted by Gasteiger charge is -2.37. The molecule has 1 unspecified atom stereocenters. The van der Waals surface area contributed by atoms with Crippen molar-refractivity contribution >= 4 is 5.97 Å². The molecule has 7 heteroatoms. The van der Waals surface area contributed by atoms with E-state index in [0.717, 1.165) is 42.9 Å². The Balaban J connectivity index is 1.09. The van der Waals surface area contributed by atoms with Crippen LogP contribution in [0.5, 0.6) is 5.75 Å². The molecule has 3 N–H and O–H groups in total. The van der Waals surface area contributed by atoms with Crippen molar-refractivity contribution in [1.29, 1.82) is 0 Å². The van der Waals surface area contributed by atoms with E-state index in [1.807, 2.05) is 25.1 Å². The first kappa shape index (κ1) is 24.3. The summed E-state index contributed by atoms with van der Waals surface area (Å²) in [6, 6.07) is 14.5. The first-order chi connectivity index (χ1) is 16.7. The van der Waals surface area contributed by atoms with Crippen LogP contribution < -0.4 is 10.1 Å². The summed E-state index contributed by atoms with van der Waals surface area (Å²) >= 11 is 0. The second-order valence-electron chi connectivity index (χ2n) is 10.9. The average Bonchev–Trinajstić information content (AvgIpc) is 3.43. The van der Waals surface area contributed by atoms with E-state index in [1.165, 1.54) is 11.1 Å².